The molecule has 1 aliphatic carbocycles. The number of aliphatic hydroxyl groups excluding tert-OH is 1. The first-order valence-electron chi connectivity index (χ1n) is 7.99. The first-order valence-corrected chi connectivity index (χ1v) is 8.36. The van der Waals surface area contributed by atoms with Crippen molar-refractivity contribution in [3.63, 3.8) is 0 Å². The van der Waals surface area contributed by atoms with E-state index in [0.717, 1.165) is 25.7 Å². The topological polar surface area (TPSA) is 92.9 Å². The van der Waals surface area contributed by atoms with Gasteiger partial charge in [0.25, 0.3) is 5.91 Å². The van der Waals surface area contributed by atoms with E-state index in [9.17, 15) is 9.90 Å². The molecule has 1 aliphatic rings. The average Bonchev–Trinajstić information content (AvgIpc) is 3.10. The molecule has 0 aliphatic heterocycles. The summed E-state index contributed by atoms with van der Waals surface area (Å²) in [6.45, 7) is 2.42. The third-order valence-corrected chi connectivity index (χ3v) is 4.97. The highest BCUT2D eigenvalue weighted by Crippen LogP contribution is 2.35. The molecule has 2 N–H and O–H groups in total. The Morgan fingerprint density at radius 2 is 2.33 bits per heavy atom. The molecule has 1 amide bonds. The van der Waals surface area contributed by atoms with Crippen LogP contribution in [0.5, 0.6) is 0 Å². The third kappa shape index (κ3) is 3.42. The number of halogens is 1. The molecule has 2 aromatic rings. The summed E-state index contributed by atoms with van der Waals surface area (Å²) >= 11 is 6.04. The molecule has 128 valence electrons. The molecule has 0 saturated heterocycles. The van der Waals surface area contributed by atoms with Crippen LogP contribution in [0.1, 0.15) is 43.0 Å². The molecule has 7 nitrogen and oxygen atoms in total. The fraction of sp³-hybridized carbons (Fsp3) is 0.500. The molecule has 1 fully saturated rings. The average molecular weight is 350 g/mol. The second kappa shape index (κ2) is 6.86. The maximum absolute atomic E-state index is 12.7. The molecule has 0 spiro atoms. The monoisotopic (exact) mass is 349 g/mol. The lowest BCUT2D eigenvalue weighted by atomic mass is 9.73. The van der Waals surface area contributed by atoms with E-state index >= 15 is 0 Å². The van der Waals surface area contributed by atoms with Gasteiger partial charge < -0.3 is 10.4 Å². The number of nitrogens with one attached hydrogen (secondary N) is 1. The minimum absolute atomic E-state index is 0.262. The first kappa shape index (κ1) is 16.9. The Morgan fingerprint density at radius 3 is 3.04 bits per heavy atom. The fourth-order valence-electron chi connectivity index (χ4n) is 3.13. The highest BCUT2D eigenvalue weighted by atomic mass is 35.5. The summed E-state index contributed by atoms with van der Waals surface area (Å²) in [5.41, 5.74) is 0.640. The highest BCUT2D eigenvalue weighted by Gasteiger charge is 2.35. The van der Waals surface area contributed by atoms with E-state index in [1.165, 1.54) is 11.0 Å². The Kier molecular flexibility index (Phi) is 4.82. The Bertz CT molecular complexity index is 721. The molecule has 8 heteroatoms. The van der Waals surface area contributed by atoms with Crippen LogP contribution in [0.15, 0.2) is 24.5 Å². The summed E-state index contributed by atoms with van der Waals surface area (Å²) in [6, 6.07) is 4.97. The van der Waals surface area contributed by atoms with Gasteiger partial charge in [0.05, 0.1) is 17.4 Å². The van der Waals surface area contributed by atoms with Crippen LogP contribution in [-0.4, -0.2) is 43.9 Å². The van der Waals surface area contributed by atoms with Crippen molar-refractivity contribution >= 4 is 17.5 Å². The second-order valence-electron chi connectivity index (χ2n) is 6.51. The summed E-state index contributed by atoms with van der Waals surface area (Å²) in [7, 11) is 0. The number of carbonyl (C=O) groups excluding carboxylic acids is 1. The van der Waals surface area contributed by atoms with Gasteiger partial charge in [-0.3, -0.25) is 4.79 Å². The van der Waals surface area contributed by atoms with Crippen LogP contribution in [-0.2, 0) is 0 Å². The van der Waals surface area contributed by atoms with Crippen LogP contribution in [0.2, 0.25) is 5.02 Å². The lowest BCUT2D eigenvalue weighted by Crippen LogP contribution is -2.45. The van der Waals surface area contributed by atoms with Gasteiger partial charge >= 0.3 is 0 Å². The van der Waals surface area contributed by atoms with Crippen molar-refractivity contribution in [1.82, 2.24) is 25.5 Å². The number of tetrazole rings is 1. The van der Waals surface area contributed by atoms with Crippen molar-refractivity contribution in [3.05, 3.63) is 35.1 Å². The van der Waals surface area contributed by atoms with Crippen LogP contribution in [0.25, 0.3) is 5.69 Å². The van der Waals surface area contributed by atoms with E-state index in [4.69, 9.17) is 11.6 Å². The molecule has 1 aromatic carbocycles. The van der Waals surface area contributed by atoms with Crippen molar-refractivity contribution in [3.8, 4) is 5.69 Å². The van der Waals surface area contributed by atoms with Crippen molar-refractivity contribution in [1.29, 1.82) is 0 Å². The summed E-state index contributed by atoms with van der Waals surface area (Å²) in [6.07, 6.45) is 4.79. The number of aromatic nitrogens is 4. The van der Waals surface area contributed by atoms with E-state index in [1.807, 2.05) is 6.92 Å². The molecule has 0 bridgehead atoms. The fourth-order valence-corrected chi connectivity index (χ4v) is 3.30. The Hall–Kier alpha value is -1.99. The number of hydrogen-bond donors (Lipinski definition) is 2. The Balaban J connectivity index is 1.79. The van der Waals surface area contributed by atoms with Crippen LogP contribution in [0.3, 0.4) is 0 Å². The Labute approximate surface area is 145 Å². The Morgan fingerprint density at radius 1 is 1.50 bits per heavy atom. The molecular weight excluding hydrogens is 330 g/mol. The molecule has 24 heavy (non-hydrogen) atoms. The largest absolute Gasteiger partial charge is 0.392 e. The van der Waals surface area contributed by atoms with Crippen molar-refractivity contribution in [2.45, 2.75) is 38.7 Å². The molecule has 0 radical (unpaired) electrons. The number of carbonyl (C=O) groups is 1. The number of benzene rings is 1. The highest BCUT2D eigenvalue weighted by molar-refractivity contribution is 6.31. The second-order valence-corrected chi connectivity index (χ2v) is 6.95. The van der Waals surface area contributed by atoms with Gasteiger partial charge in [-0.1, -0.05) is 31.4 Å². The van der Waals surface area contributed by atoms with E-state index in [0.29, 0.717) is 22.8 Å². The number of rotatable bonds is 4. The van der Waals surface area contributed by atoms with Gasteiger partial charge in [0.2, 0.25) is 0 Å². The number of amides is 1. The number of aliphatic hydroxyl groups is 1. The summed E-state index contributed by atoms with van der Waals surface area (Å²) in [4.78, 5) is 12.7. The van der Waals surface area contributed by atoms with Crippen molar-refractivity contribution < 1.29 is 9.90 Å². The van der Waals surface area contributed by atoms with Crippen LogP contribution < -0.4 is 5.32 Å². The quantitative estimate of drug-likeness (QED) is 0.880. The minimum Gasteiger partial charge on any atom is -0.392 e. The van der Waals surface area contributed by atoms with E-state index in [2.05, 4.69) is 20.8 Å². The zero-order valence-corrected chi connectivity index (χ0v) is 14.2. The zero-order valence-electron chi connectivity index (χ0n) is 13.4. The normalized spacial score (nSPS) is 23.9. The standard InChI is InChI=1S/C16H20ClN5O2/c1-16(7-3-2-4-14(16)23)9-18-15(24)12-8-11(17)5-6-13(12)22-10-19-20-21-22/h5-6,8,10,14,23H,2-4,7,9H2,1H3,(H,18,24). The van der Waals surface area contributed by atoms with Crippen molar-refractivity contribution in [2.75, 3.05) is 6.54 Å². The van der Waals surface area contributed by atoms with Gasteiger partial charge in [0.1, 0.15) is 6.33 Å². The number of hydrogen-bond acceptors (Lipinski definition) is 5. The maximum atomic E-state index is 12.7. The van der Waals surface area contributed by atoms with E-state index < -0.39 is 6.10 Å². The maximum Gasteiger partial charge on any atom is 0.253 e. The van der Waals surface area contributed by atoms with Crippen LogP contribution in [0, 0.1) is 5.41 Å². The van der Waals surface area contributed by atoms with Crippen molar-refractivity contribution in [2.24, 2.45) is 5.41 Å². The summed E-state index contributed by atoms with van der Waals surface area (Å²) in [5.74, 6) is -0.262. The smallest absolute Gasteiger partial charge is 0.253 e. The lowest BCUT2D eigenvalue weighted by Gasteiger charge is -2.38. The van der Waals surface area contributed by atoms with Gasteiger partial charge in [-0.15, -0.1) is 5.10 Å². The molecule has 1 heterocycles. The van der Waals surface area contributed by atoms with Crippen LogP contribution in [0.4, 0.5) is 0 Å². The van der Waals surface area contributed by atoms with Crippen LogP contribution >= 0.6 is 11.6 Å². The van der Waals surface area contributed by atoms with Gasteiger partial charge in [-0.05, 0) is 41.5 Å². The SMILES string of the molecule is CC1(CNC(=O)c2cc(Cl)ccc2-n2cnnn2)CCCCC1O. The van der Waals surface area contributed by atoms with Gasteiger partial charge in [0, 0.05) is 17.0 Å². The van der Waals surface area contributed by atoms with Gasteiger partial charge in [0.15, 0.2) is 0 Å². The number of nitrogens with zero attached hydrogens (tertiary/aromatic N) is 4. The third-order valence-electron chi connectivity index (χ3n) is 4.73. The first-order chi connectivity index (χ1) is 11.5. The summed E-state index contributed by atoms with van der Waals surface area (Å²) in [5, 5.41) is 24.7. The minimum atomic E-state index is -0.398. The zero-order chi connectivity index (χ0) is 17.2. The molecule has 2 atom stereocenters. The predicted molar refractivity (Wildman–Crippen MR) is 89.1 cm³/mol. The van der Waals surface area contributed by atoms with Gasteiger partial charge in [-0.25, -0.2) is 0 Å². The van der Waals surface area contributed by atoms with Gasteiger partial charge in [-0.2, -0.15) is 4.68 Å². The molecule has 2 unspecified atom stereocenters. The molecule has 3 rings (SSSR count). The summed E-state index contributed by atoms with van der Waals surface area (Å²) < 4.78 is 1.42. The van der Waals surface area contributed by atoms with E-state index in [-0.39, 0.29) is 11.3 Å². The lowest BCUT2D eigenvalue weighted by molar-refractivity contribution is 0.00190. The molecular formula is C16H20ClN5O2. The predicted octanol–water partition coefficient (Wildman–Crippen LogP) is 1.99. The van der Waals surface area contributed by atoms with E-state index in [1.54, 1.807) is 18.2 Å². The molecule has 1 saturated carbocycles. The molecule has 1 aromatic heterocycles.